The van der Waals surface area contributed by atoms with Crippen LogP contribution < -0.4 is 0 Å². The van der Waals surface area contributed by atoms with Gasteiger partial charge in [-0.1, -0.05) is 29.8 Å². The van der Waals surface area contributed by atoms with Crippen molar-refractivity contribution in [1.29, 1.82) is 0 Å². The number of hydrogen-bond acceptors (Lipinski definition) is 3. The van der Waals surface area contributed by atoms with E-state index in [2.05, 4.69) is 24.3 Å². The summed E-state index contributed by atoms with van der Waals surface area (Å²) in [5, 5.41) is 0.493. The van der Waals surface area contributed by atoms with Crippen molar-refractivity contribution in [3.63, 3.8) is 0 Å². The van der Waals surface area contributed by atoms with Crippen molar-refractivity contribution >= 4 is 22.7 Å². The first-order valence-corrected chi connectivity index (χ1v) is 11.3. The molecule has 0 bridgehead atoms. The van der Waals surface area contributed by atoms with Gasteiger partial charge in [-0.25, -0.2) is 4.39 Å². The quantitative estimate of drug-likeness (QED) is 0.371. The molecule has 0 radical (unpaired) electrons. The summed E-state index contributed by atoms with van der Waals surface area (Å²) in [6, 6.07) is 13.1. The largest absolute Gasteiger partial charge is 0.469 e. The molecular weight excluding hydrogens is 405 g/mol. The van der Waals surface area contributed by atoms with Gasteiger partial charge >= 0.3 is 5.97 Å². The van der Waals surface area contributed by atoms with E-state index in [1.54, 1.807) is 12.1 Å². The van der Waals surface area contributed by atoms with Crippen LogP contribution in [0.5, 0.6) is 0 Å². The monoisotopic (exact) mass is 433 g/mol. The number of carbonyl (C=O) groups excluding carboxylic acids is 2. The zero-order chi connectivity index (χ0) is 22.5. The van der Waals surface area contributed by atoms with E-state index in [4.69, 9.17) is 4.74 Å². The van der Waals surface area contributed by atoms with Gasteiger partial charge in [-0.15, -0.1) is 0 Å². The van der Waals surface area contributed by atoms with Crippen LogP contribution in [0.4, 0.5) is 4.39 Å². The number of methoxy groups -OCH3 is 1. The fourth-order valence-electron chi connectivity index (χ4n) is 5.87. The maximum Gasteiger partial charge on any atom is 0.308 e. The van der Waals surface area contributed by atoms with Gasteiger partial charge in [-0.05, 0) is 67.7 Å². The van der Waals surface area contributed by atoms with Gasteiger partial charge in [0.05, 0.1) is 18.5 Å². The highest BCUT2D eigenvalue weighted by atomic mass is 19.1. The minimum atomic E-state index is -0.301. The molecule has 32 heavy (non-hydrogen) atoms. The Morgan fingerprint density at radius 2 is 1.78 bits per heavy atom. The molecule has 2 aliphatic rings. The topological polar surface area (TPSA) is 48.3 Å². The number of aryl methyl sites for hydroxylation is 1. The minimum absolute atomic E-state index is 0.0263. The summed E-state index contributed by atoms with van der Waals surface area (Å²) >= 11 is 0. The Hall–Kier alpha value is -2.95. The average molecular weight is 434 g/mol. The molecule has 2 saturated carbocycles. The third-order valence-electron chi connectivity index (χ3n) is 7.46. The fourth-order valence-corrected chi connectivity index (χ4v) is 5.87. The summed E-state index contributed by atoms with van der Waals surface area (Å²) in [6.45, 7) is 2.64. The molecule has 2 aromatic carbocycles. The molecule has 5 heteroatoms. The second-order valence-electron chi connectivity index (χ2n) is 9.82. The lowest BCUT2D eigenvalue weighted by Crippen LogP contribution is -2.50. The van der Waals surface area contributed by atoms with Gasteiger partial charge in [0.1, 0.15) is 5.82 Å². The van der Waals surface area contributed by atoms with Crippen LogP contribution in [0.2, 0.25) is 0 Å². The van der Waals surface area contributed by atoms with Crippen LogP contribution >= 0.6 is 0 Å². The van der Waals surface area contributed by atoms with Crippen molar-refractivity contribution in [2.24, 2.45) is 17.3 Å². The highest BCUT2D eigenvalue weighted by Gasteiger charge is 2.55. The van der Waals surface area contributed by atoms with Crippen molar-refractivity contribution < 1.29 is 18.7 Å². The number of aromatic nitrogens is 1. The standard InChI is InChI=1S/C27H28FNO3/c1-17-3-5-18(6-4-17)16-29-10-9-21-23(28)8-7-22(25(21)29)24(30)11-19-12-27(13-19)14-20(15-27)26(31)32-2/h3-10,19-20H,11-16H2,1-2H3. The van der Waals surface area contributed by atoms with Gasteiger partial charge in [0.15, 0.2) is 5.78 Å². The number of benzene rings is 2. The SMILES string of the molecule is COC(=O)C1CC2(CC(CC(=O)c3ccc(F)c4ccn(Cc5ccc(C)cc5)c34)C2)C1. The van der Waals surface area contributed by atoms with E-state index < -0.39 is 0 Å². The number of carbonyl (C=O) groups is 2. The number of ketones is 1. The van der Waals surface area contributed by atoms with Gasteiger partial charge in [-0.2, -0.15) is 0 Å². The number of fused-ring (bicyclic) bond motifs is 1. The third-order valence-corrected chi connectivity index (χ3v) is 7.46. The molecule has 166 valence electrons. The smallest absolute Gasteiger partial charge is 0.308 e. The molecule has 3 aromatic rings. The summed E-state index contributed by atoms with van der Waals surface area (Å²) in [4.78, 5) is 24.9. The highest BCUT2D eigenvalue weighted by molar-refractivity contribution is 6.07. The van der Waals surface area contributed by atoms with Gasteiger partial charge in [0.25, 0.3) is 0 Å². The predicted octanol–water partition coefficient (Wildman–Crippen LogP) is 5.69. The molecule has 0 amide bonds. The first kappa shape index (κ1) is 20.9. The van der Waals surface area contributed by atoms with Gasteiger partial charge in [-0.3, -0.25) is 9.59 Å². The first-order valence-electron chi connectivity index (χ1n) is 11.3. The molecular formula is C27H28FNO3. The molecule has 0 saturated heterocycles. The summed E-state index contributed by atoms with van der Waals surface area (Å²) in [6.07, 6.45) is 6.07. The zero-order valence-electron chi connectivity index (χ0n) is 18.6. The number of esters is 1. The summed E-state index contributed by atoms with van der Waals surface area (Å²) in [7, 11) is 1.44. The molecule has 0 aliphatic heterocycles. The van der Waals surface area contributed by atoms with Crippen LogP contribution in [0.15, 0.2) is 48.7 Å². The fraction of sp³-hybridized carbons (Fsp3) is 0.407. The number of hydrogen-bond donors (Lipinski definition) is 0. The second-order valence-corrected chi connectivity index (χ2v) is 9.82. The number of ether oxygens (including phenoxy) is 1. The van der Waals surface area contributed by atoms with Crippen molar-refractivity contribution in [2.75, 3.05) is 7.11 Å². The van der Waals surface area contributed by atoms with E-state index in [1.807, 2.05) is 17.7 Å². The lowest BCUT2D eigenvalue weighted by atomic mass is 9.47. The third kappa shape index (κ3) is 3.64. The molecule has 2 fully saturated rings. The first-order chi connectivity index (χ1) is 15.4. The Morgan fingerprint density at radius 1 is 1.06 bits per heavy atom. The van der Waals surface area contributed by atoms with Crippen molar-refractivity contribution in [3.8, 4) is 0 Å². The van der Waals surface area contributed by atoms with E-state index in [-0.39, 0.29) is 28.9 Å². The molecule has 1 heterocycles. The lowest BCUT2D eigenvalue weighted by molar-refractivity contribution is -0.161. The average Bonchev–Trinajstić information content (AvgIpc) is 3.14. The summed E-state index contributed by atoms with van der Waals surface area (Å²) < 4.78 is 21.3. The summed E-state index contributed by atoms with van der Waals surface area (Å²) in [5.74, 6) is 0.0194. The normalized spacial score (nSPS) is 24.2. The number of halogens is 1. The van der Waals surface area contributed by atoms with Crippen molar-refractivity contribution in [1.82, 2.24) is 4.57 Å². The Balaban J connectivity index is 1.31. The Labute approximate surface area is 187 Å². The van der Waals surface area contributed by atoms with Crippen LogP contribution in [0.3, 0.4) is 0 Å². The van der Waals surface area contributed by atoms with Crippen LogP contribution in [0.1, 0.15) is 53.6 Å². The van der Waals surface area contributed by atoms with E-state index in [9.17, 15) is 14.0 Å². The highest BCUT2D eigenvalue weighted by Crippen LogP contribution is 2.62. The molecule has 0 atom stereocenters. The Kier molecular flexibility index (Phi) is 5.15. The lowest BCUT2D eigenvalue weighted by Gasteiger charge is -2.57. The van der Waals surface area contributed by atoms with Gasteiger partial charge in [0, 0.05) is 30.1 Å². The van der Waals surface area contributed by atoms with Crippen LogP contribution in [-0.4, -0.2) is 23.4 Å². The molecule has 5 rings (SSSR count). The van der Waals surface area contributed by atoms with Crippen molar-refractivity contribution in [3.05, 3.63) is 71.2 Å². The predicted molar refractivity (Wildman–Crippen MR) is 121 cm³/mol. The molecule has 0 unspecified atom stereocenters. The number of rotatable bonds is 6. The van der Waals surface area contributed by atoms with Gasteiger partial charge in [0.2, 0.25) is 0 Å². The molecule has 4 nitrogen and oxygen atoms in total. The zero-order valence-corrected chi connectivity index (χ0v) is 18.6. The van der Waals surface area contributed by atoms with Crippen LogP contribution in [-0.2, 0) is 16.1 Å². The minimum Gasteiger partial charge on any atom is -0.469 e. The summed E-state index contributed by atoms with van der Waals surface area (Å²) in [5.41, 5.74) is 3.81. The van der Waals surface area contributed by atoms with Crippen LogP contribution in [0.25, 0.3) is 10.9 Å². The van der Waals surface area contributed by atoms with E-state index >= 15 is 0 Å². The molecule has 1 aromatic heterocycles. The van der Waals surface area contributed by atoms with E-state index in [0.717, 1.165) is 31.2 Å². The Morgan fingerprint density at radius 3 is 2.47 bits per heavy atom. The second kappa shape index (κ2) is 7.88. The molecule has 2 aliphatic carbocycles. The molecule has 1 spiro atoms. The van der Waals surface area contributed by atoms with Gasteiger partial charge < -0.3 is 9.30 Å². The maximum absolute atomic E-state index is 14.5. The maximum atomic E-state index is 14.5. The van der Waals surface area contributed by atoms with Crippen molar-refractivity contribution in [2.45, 2.75) is 45.6 Å². The number of Topliss-reactive ketones (excluding diaryl/α,β-unsaturated/α-hetero) is 1. The Bertz CT molecular complexity index is 1180. The molecule has 0 N–H and O–H groups in total. The van der Waals surface area contributed by atoms with E-state index in [1.165, 1.54) is 18.7 Å². The van der Waals surface area contributed by atoms with Crippen LogP contribution in [0, 0.1) is 30.0 Å². The van der Waals surface area contributed by atoms with E-state index in [0.29, 0.717) is 35.3 Å². The number of nitrogens with zero attached hydrogens (tertiary/aromatic N) is 1.